The molecule has 0 spiro atoms. The van der Waals surface area contributed by atoms with Gasteiger partial charge < -0.3 is 15.3 Å². The number of carboxylic acids is 1. The highest BCUT2D eigenvalue weighted by Crippen LogP contribution is 2.24. The molecule has 0 saturated heterocycles. The van der Waals surface area contributed by atoms with E-state index in [4.69, 9.17) is 0 Å². The predicted molar refractivity (Wildman–Crippen MR) is 85.3 cm³/mol. The molecule has 0 fully saturated rings. The van der Waals surface area contributed by atoms with Crippen molar-refractivity contribution in [2.45, 2.75) is 54.4 Å². The summed E-state index contributed by atoms with van der Waals surface area (Å²) in [5, 5.41) is 12.0. The minimum absolute atomic E-state index is 0.0745. The van der Waals surface area contributed by atoms with E-state index in [9.17, 15) is 14.7 Å². The second-order valence-electron chi connectivity index (χ2n) is 7.04. The molecule has 2 amide bonds. The third kappa shape index (κ3) is 8.58. The molecule has 0 saturated carbocycles. The van der Waals surface area contributed by atoms with Crippen molar-refractivity contribution in [3.8, 4) is 0 Å². The highest BCUT2D eigenvalue weighted by atomic mass is 16.4. The van der Waals surface area contributed by atoms with Gasteiger partial charge in [0.05, 0.1) is 5.92 Å². The summed E-state index contributed by atoms with van der Waals surface area (Å²) in [6, 6.07) is -0.169. The summed E-state index contributed by atoms with van der Waals surface area (Å²) in [4.78, 5) is 25.2. The van der Waals surface area contributed by atoms with Crippen molar-refractivity contribution in [1.29, 1.82) is 0 Å². The summed E-state index contributed by atoms with van der Waals surface area (Å²) in [5.74, 6) is -0.952. The molecule has 0 heterocycles. The van der Waals surface area contributed by atoms with Crippen LogP contribution in [0.2, 0.25) is 0 Å². The number of urea groups is 1. The van der Waals surface area contributed by atoms with Crippen LogP contribution in [0.25, 0.3) is 0 Å². The Kier molecular flexibility index (Phi) is 8.37. The summed E-state index contributed by atoms with van der Waals surface area (Å²) >= 11 is 0. The average Bonchev–Trinajstić information content (AvgIpc) is 2.38. The van der Waals surface area contributed by atoms with Crippen LogP contribution in [0, 0.1) is 17.3 Å². The van der Waals surface area contributed by atoms with Gasteiger partial charge in [0.25, 0.3) is 0 Å². The van der Waals surface area contributed by atoms with Gasteiger partial charge in [-0.1, -0.05) is 41.0 Å². The average molecular weight is 300 g/mol. The van der Waals surface area contributed by atoms with Crippen molar-refractivity contribution in [2.24, 2.45) is 17.3 Å². The molecular weight excluding hydrogens is 268 g/mol. The molecule has 2 atom stereocenters. The van der Waals surface area contributed by atoms with Crippen molar-refractivity contribution < 1.29 is 14.7 Å². The highest BCUT2D eigenvalue weighted by molar-refractivity contribution is 5.76. The lowest BCUT2D eigenvalue weighted by atomic mass is 9.84. The van der Waals surface area contributed by atoms with Crippen LogP contribution in [-0.2, 0) is 4.79 Å². The van der Waals surface area contributed by atoms with Crippen LogP contribution < -0.4 is 5.32 Å². The van der Waals surface area contributed by atoms with Crippen LogP contribution in [0.1, 0.15) is 54.4 Å². The van der Waals surface area contributed by atoms with Crippen LogP contribution >= 0.6 is 0 Å². The second kappa shape index (κ2) is 8.90. The first-order chi connectivity index (χ1) is 9.60. The monoisotopic (exact) mass is 300 g/mol. The Balaban J connectivity index is 4.50. The van der Waals surface area contributed by atoms with E-state index >= 15 is 0 Å². The largest absolute Gasteiger partial charge is 0.481 e. The zero-order valence-electron chi connectivity index (χ0n) is 14.4. The third-order valence-corrected chi connectivity index (χ3v) is 3.61. The Labute approximate surface area is 129 Å². The Morgan fingerprint density at radius 1 is 1.24 bits per heavy atom. The van der Waals surface area contributed by atoms with E-state index in [0.29, 0.717) is 25.4 Å². The van der Waals surface area contributed by atoms with Crippen molar-refractivity contribution in [2.75, 3.05) is 19.6 Å². The van der Waals surface area contributed by atoms with Gasteiger partial charge in [-0.25, -0.2) is 4.79 Å². The lowest BCUT2D eigenvalue weighted by Gasteiger charge is -2.27. The van der Waals surface area contributed by atoms with Crippen LogP contribution in [0.3, 0.4) is 0 Å². The van der Waals surface area contributed by atoms with E-state index in [0.717, 1.165) is 6.42 Å². The summed E-state index contributed by atoms with van der Waals surface area (Å²) in [5.41, 5.74) is -0.0745. The fraction of sp³-hybridized carbons (Fsp3) is 0.875. The number of carbonyl (C=O) groups is 2. The van der Waals surface area contributed by atoms with Gasteiger partial charge in [0.1, 0.15) is 0 Å². The van der Waals surface area contributed by atoms with Crippen molar-refractivity contribution in [1.82, 2.24) is 10.2 Å². The lowest BCUT2D eigenvalue weighted by Crippen LogP contribution is -2.44. The number of nitrogens with zero attached hydrogens (tertiary/aromatic N) is 1. The quantitative estimate of drug-likeness (QED) is 0.723. The van der Waals surface area contributed by atoms with Crippen LogP contribution in [0.5, 0.6) is 0 Å². The van der Waals surface area contributed by atoms with Crippen LogP contribution in [0.4, 0.5) is 4.79 Å². The van der Waals surface area contributed by atoms with Crippen LogP contribution in [-0.4, -0.2) is 41.6 Å². The number of amides is 2. The van der Waals surface area contributed by atoms with Gasteiger partial charge in [0.2, 0.25) is 0 Å². The normalized spacial score (nSPS) is 14.4. The van der Waals surface area contributed by atoms with E-state index in [1.165, 1.54) is 0 Å². The summed E-state index contributed by atoms with van der Waals surface area (Å²) in [6.07, 6.45) is 1.56. The highest BCUT2D eigenvalue weighted by Gasteiger charge is 2.25. The maximum atomic E-state index is 12.1. The SMILES string of the molecule is CCC(C)CN(CC)C(=O)NCC(CC(C)(C)C)C(=O)O. The van der Waals surface area contributed by atoms with Gasteiger partial charge in [0, 0.05) is 19.6 Å². The van der Waals surface area contributed by atoms with Gasteiger partial charge in [-0.05, 0) is 24.7 Å². The fourth-order valence-corrected chi connectivity index (χ4v) is 2.17. The first-order valence-corrected chi connectivity index (χ1v) is 7.86. The molecule has 5 heteroatoms. The summed E-state index contributed by atoms with van der Waals surface area (Å²) in [7, 11) is 0. The molecule has 0 aliphatic rings. The number of rotatable bonds is 8. The Bertz CT molecular complexity index is 337. The molecule has 21 heavy (non-hydrogen) atoms. The van der Waals surface area contributed by atoms with Crippen molar-refractivity contribution >= 4 is 12.0 Å². The number of carbonyl (C=O) groups excluding carboxylic acids is 1. The minimum Gasteiger partial charge on any atom is -0.481 e. The Morgan fingerprint density at radius 3 is 2.19 bits per heavy atom. The Morgan fingerprint density at radius 2 is 1.81 bits per heavy atom. The summed E-state index contributed by atoms with van der Waals surface area (Å²) < 4.78 is 0. The topological polar surface area (TPSA) is 69.6 Å². The maximum absolute atomic E-state index is 12.1. The molecule has 0 radical (unpaired) electrons. The molecule has 0 rings (SSSR count). The maximum Gasteiger partial charge on any atom is 0.317 e. The van der Waals surface area contributed by atoms with E-state index < -0.39 is 11.9 Å². The number of carboxylic acid groups (broad SMARTS) is 1. The molecule has 0 aliphatic carbocycles. The molecule has 0 bridgehead atoms. The number of nitrogens with one attached hydrogen (secondary N) is 1. The van der Waals surface area contributed by atoms with E-state index in [1.54, 1.807) is 4.90 Å². The van der Waals surface area contributed by atoms with Gasteiger partial charge >= 0.3 is 12.0 Å². The molecule has 0 aliphatic heterocycles. The van der Waals surface area contributed by atoms with Gasteiger partial charge in [-0.15, -0.1) is 0 Å². The molecule has 0 aromatic heterocycles. The minimum atomic E-state index is -0.852. The van der Waals surface area contributed by atoms with Crippen LogP contribution in [0.15, 0.2) is 0 Å². The van der Waals surface area contributed by atoms with Gasteiger partial charge in [-0.2, -0.15) is 0 Å². The molecular formula is C16H32N2O3. The molecule has 5 nitrogen and oxygen atoms in total. The molecule has 124 valence electrons. The van der Waals surface area contributed by atoms with Crippen molar-refractivity contribution in [3.05, 3.63) is 0 Å². The van der Waals surface area contributed by atoms with Gasteiger partial charge in [-0.3, -0.25) is 4.79 Å². The molecule has 0 aromatic carbocycles. The standard InChI is InChI=1S/C16H32N2O3/c1-7-12(3)11-18(8-2)15(21)17-10-13(14(19)20)9-16(4,5)6/h12-13H,7-11H2,1-6H3,(H,17,21)(H,19,20). The third-order valence-electron chi connectivity index (χ3n) is 3.61. The zero-order chi connectivity index (χ0) is 16.6. The molecule has 2 N–H and O–H groups in total. The lowest BCUT2D eigenvalue weighted by molar-refractivity contribution is -0.142. The smallest absolute Gasteiger partial charge is 0.317 e. The Hall–Kier alpha value is -1.26. The summed E-state index contributed by atoms with van der Waals surface area (Å²) in [6.45, 7) is 13.7. The van der Waals surface area contributed by atoms with Crippen molar-refractivity contribution in [3.63, 3.8) is 0 Å². The van der Waals surface area contributed by atoms with E-state index in [-0.39, 0.29) is 18.0 Å². The van der Waals surface area contributed by atoms with E-state index in [1.807, 2.05) is 27.7 Å². The first-order valence-electron chi connectivity index (χ1n) is 7.86. The molecule has 2 unspecified atom stereocenters. The number of hydrogen-bond donors (Lipinski definition) is 2. The van der Waals surface area contributed by atoms with Gasteiger partial charge in [0.15, 0.2) is 0 Å². The zero-order valence-corrected chi connectivity index (χ0v) is 14.4. The first kappa shape index (κ1) is 19.7. The fourth-order valence-electron chi connectivity index (χ4n) is 2.17. The molecule has 0 aromatic rings. The second-order valence-corrected chi connectivity index (χ2v) is 7.04. The van der Waals surface area contributed by atoms with E-state index in [2.05, 4.69) is 19.2 Å². The predicted octanol–water partition coefficient (Wildman–Crippen LogP) is 3.20. The number of aliphatic carboxylic acids is 1. The number of hydrogen-bond acceptors (Lipinski definition) is 2.